The molecule has 2 N–H and O–H groups in total. The summed E-state index contributed by atoms with van der Waals surface area (Å²) in [5.74, 6) is 0.255. The number of fused-ring (bicyclic) bond motifs is 1. The minimum atomic E-state index is -0.260. The minimum absolute atomic E-state index is 0.166. The lowest BCUT2D eigenvalue weighted by molar-refractivity contribution is 0.443. The number of rotatable bonds is 3. The van der Waals surface area contributed by atoms with E-state index in [-0.39, 0.29) is 11.4 Å². The number of nitrogens with one attached hydrogen (secondary N) is 1. The van der Waals surface area contributed by atoms with E-state index in [4.69, 9.17) is 0 Å². The van der Waals surface area contributed by atoms with Crippen LogP contribution in [0, 0.1) is 0 Å². The third kappa shape index (κ3) is 2.10. The van der Waals surface area contributed by atoms with Gasteiger partial charge in [-0.15, -0.1) is 11.3 Å². The minimum Gasteiger partial charge on any atom is -0.493 e. The Balaban J connectivity index is 2.18. The van der Waals surface area contributed by atoms with E-state index >= 15 is 0 Å². The van der Waals surface area contributed by atoms with Gasteiger partial charge in [-0.25, -0.2) is 0 Å². The highest BCUT2D eigenvalue weighted by Gasteiger charge is 2.13. The van der Waals surface area contributed by atoms with Gasteiger partial charge in [-0.1, -0.05) is 31.5 Å². The Bertz CT molecular complexity index is 820. The van der Waals surface area contributed by atoms with Crippen LogP contribution in [0.4, 0.5) is 0 Å². The van der Waals surface area contributed by atoms with Crippen molar-refractivity contribution in [1.82, 2.24) is 9.97 Å². The van der Waals surface area contributed by atoms with Gasteiger partial charge in [-0.3, -0.25) is 4.79 Å². The third-order valence-corrected chi connectivity index (χ3v) is 4.19. The fourth-order valence-electron chi connectivity index (χ4n) is 2.25. The zero-order valence-corrected chi connectivity index (χ0v) is 11.8. The fraction of sp³-hybridized carbons (Fsp3) is 0.200. The molecule has 0 spiro atoms. The van der Waals surface area contributed by atoms with Crippen molar-refractivity contribution in [2.24, 2.45) is 0 Å². The second-order valence-electron chi connectivity index (χ2n) is 4.61. The number of aromatic nitrogens is 2. The first kappa shape index (κ1) is 12.9. The van der Waals surface area contributed by atoms with E-state index in [1.807, 2.05) is 36.6 Å². The van der Waals surface area contributed by atoms with E-state index < -0.39 is 0 Å². The molecule has 0 atom stereocenters. The third-order valence-electron chi connectivity index (χ3n) is 3.23. The topological polar surface area (TPSA) is 66.0 Å². The van der Waals surface area contributed by atoms with Gasteiger partial charge in [0.25, 0.3) is 5.56 Å². The Morgan fingerprint density at radius 2 is 2.15 bits per heavy atom. The Labute approximate surface area is 119 Å². The smallest absolute Gasteiger partial charge is 0.258 e. The molecule has 0 fully saturated rings. The molecule has 0 radical (unpaired) electrons. The number of hydrogen-bond donors (Lipinski definition) is 2. The molecule has 0 saturated heterocycles. The molecule has 3 rings (SSSR count). The van der Waals surface area contributed by atoms with Crippen molar-refractivity contribution in [2.45, 2.75) is 19.8 Å². The Hall–Kier alpha value is -2.14. The molecule has 2 aromatic heterocycles. The number of H-pyrrole nitrogens is 1. The molecule has 102 valence electrons. The maximum absolute atomic E-state index is 12.0. The van der Waals surface area contributed by atoms with Gasteiger partial charge >= 0.3 is 0 Å². The number of benzene rings is 1. The molecule has 0 amide bonds. The summed E-state index contributed by atoms with van der Waals surface area (Å²) in [6.07, 6.45) is 1.32. The van der Waals surface area contributed by atoms with E-state index in [1.54, 1.807) is 11.3 Å². The predicted molar refractivity (Wildman–Crippen MR) is 81.3 cm³/mol. The van der Waals surface area contributed by atoms with Crippen LogP contribution in [0.3, 0.4) is 0 Å². The van der Waals surface area contributed by atoms with Gasteiger partial charge < -0.3 is 10.1 Å². The van der Waals surface area contributed by atoms with Crippen LogP contribution in [0.2, 0.25) is 0 Å². The van der Waals surface area contributed by atoms with Gasteiger partial charge in [0, 0.05) is 21.0 Å². The molecule has 0 saturated carbocycles. The summed E-state index contributed by atoms with van der Waals surface area (Å²) in [7, 11) is 0. The Kier molecular flexibility index (Phi) is 3.28. The van der Waals surface area contributed by atoms with Crippen LogP contribution < -0.4 is 5.56 Å². The molecule has 0 aliphatic heterocycles. The molecule has 2 heterocycles. The second kappa shape index (κ2) is 5.09. The van der Waals surface area contributed by atoms with Gasteiger partial charge in [0.1, 0.15) is 5.82 Å². The monoisotopic (exact) mass is 286 g/mol. The summed E-state index contributed by atoms with van der Waals surface area (Å²) in [6.45, 7) is 1.96. The van der Waals surface area contributed by atoms with E-state index in [0.29, 0.717) is 17.8 Å². The van der Waals surface area contributed by atoms with Gasteiger partial charge in [-0.05, 0) is 12.5 Å². The molecule has 3 aromatic rings. The maximum atomic E-state index is 12.0. The summed E-state index contributed by atoms with van der Waals surface area (Å²) in [4.78, 5) is 19.0. The molecule has 0 aliphatic rings. The quantitative estimate of drug-likeness (QED) is 0.776. The van der Waals surface area contributed by atoms with E-state index in [2.05, 4.69) is 9.97 Å². The number of hydrogen-bond acceptors (Lipinski definition) is 4. The molecule has 0 unspecified atom stereocenters. The Morgan fingerprint density at radius 1 is 1.35 bits per heavy atom. The number of aromatic hydroxyl groups is 1. The van der Waals surface area contributed by atoms with E-state index in [9.17, 15) is 9.90 Å². The van der Waals surface area contributed by atoms with Crippen LogP contribution in [0.1, 0.15) is 18.9 Å². The summed E-state index contributed by atoms with van der Waals surface area (Å²) in [5.41, 5.74) is 0.946. The normalized spacial score (nSPS) is 11.1. The largest absolute Gasteiger partial charge is 0.493 e. The Morgan fingerprint density at radius 3 is 2.90 bits per heavy atom. The molecule has 0 bridgehead atoms. The van der Waals surface area contributed by atoms with Crippen LogP contribution in [-0.4, -0.2) is 15.1 Å². The zero-order chi connectivity index (χ0) is 14.1. The van der Waals surface area contributed by atoms with E-state index in [0.717, 1.165) is 22.1 Å². The SMILES string of the molecule is CCCc1c(O)nc(-c2csc3ccccc23)[nH]c1=O. The number of aromatic amines is 1. The lowest BCUT2D eigenvalue weighted by Crippen LogP contribution is -2.15. The van der Waals surface area contributed by atoms with Crippen molar-refractivity contribution < 1.29 is 5.11 Å². The summed E-state index contributed by atoms with van der Waals surface area (Å²) >= 11 is 1.59. The summed E-state index contributed by atoms with van der Waals surface area (Å²) in [6, 6.07) is 7.92. The van der Waals surface area contributed by atoms with Gasteiger partial charge in [0.2, 0.25) is 5.88 Å². The molecule has 4 nitrogen and oxygen atoms in total. The summed E-state index contributed by atoms with van der Waals surface area (Å²) in [5, 5.41) is 12.9. The second-order valence-corrected chi connectivity index (χ2v) is 5.52. The standard InChI is InChI=1S/C15H14N2O2S/c1-2-5-10-14(18)16-13(17-15(10)19)11-8-20-12-7-4-3-6-9(11)12/h3-4,6-8H,2,5H2,1H3,(H2,16,17,18,19). The highest BCUT2D eigenvalue weighted by molar-refractivity contribution is 7.17. The van der Waals surface area contributed by atoms with Crippen molar-refractivity contribution in [2.75, 3.05) is 0 Å². The van der Waals surface area contributed by atoms with Gasteiger partial charge in [0.05, 0.1) is 5.56 Å². The first-order chi connectivity index (χ1) is 9.70. The molecular weight excluding hydrogens is 272 g/mol. The molecular formula is C15H14N2O2S. The maximum Gasteiger partial charge on any atom is 0.258 e. The highest BCUT2D eigenvalue weighted by Crippen LogP contribution is 2.32. The van der Waals surface area contributed by atoms with Gasteiger partial charge in [0.15, 0.2) is 0 Å². The van der Waals surface area contributed by atoms with Crippen molar-refractivity contribution in [1.29, 1.82) is 0 Å². The highest BCUT2D eigenvalue weighted by atomic mass is 32.1. The first-order valence-electron chi connectivity index (χ1n) is 6.49. The molecule has 5 heteroatoms. The van der Waals surface area contributed by atoms with Crippen LogP contribution in [0.25, 0.3) is 21.5 Å². The average molecular weight is 286 g/mol. The number of thiophene rings is 1. The zero-order valence-electron chi connectivity index (χ0n) is 11.0. The fourth-order valence-corrected chi connectivity index (χ4v) is 3.20. The van der Waals surface area contributed by atoms with Crippen LogP contribution in [-0.2, 0) is 6.42 Å². The lowest BCUT2D eigenvalue weighted by atomic mass is 10.1. The van der Waals surface area contributed by atoms with Crippen molar-refractivity contribution >= 4 is 21.4 Å². The van der Waals surface area contributed by atoms with Crippen LogP contribution in [0.15, 0.2) is 34.4 Å². The number of nitrogens with zero attached hydrogens (tertiary/aromatic N) is 1. The van der Waals surface area contributed by atoms with Crippen molar-refractivity contribution in [3.8, 4) is 17.3 Å². The van der Waals surface area contributed by atoms with Gasteiger partial charge in [-0.2, -0.15) is 4.98 Å². The lowest BCUT2D eigenvalue weighted by Gasteiger charge is -2.04. The van der Waals surface area contributed by atoms with Crippen molar-refractivity contribution in [3.05, 3.63) is 45.6 Å². The summed E-state index contributed by atoms with van der Waals surface area (Å²) < 4.78 is 1.13. The van der Waals surface area contributed by atoms with Crippen LogP contribution in [0.5, 0.6) is 5.88 Å². The molecule has 1 aromatic carbocycles. The van der Waals surface area contributed by atoms with Crippen LogP contribution >= 0.6 is 11.3 Å². The van der Waals surface area contributed by atoms with Crippen molar-refractivity contribution in [3.63, 3.8) is 0 Å². The molecule has 20 heavy (non-hydrogen) atoms. The van der Waals surface area contributed by atoms with E-state index in [1.165, 1.54) is 0 Å². The predicted octanol–water partition coefficient (Wildman–Crippen LogP) is 3.31. The first-order valence-corrected chi connectivity index (χ1v) is 7.37. The molecule has 0 aliphatic carbocycles. The average Bonchev–Trinajstić information content (AvgIpc) is 2.86.